The molecule has 2 rings (SSSR count). The minimum absolute atomic E-state index is 0.0440. The lowest BCUT2D eigenvalue weighted by atomic mass is 10.0. The van der Waals surface area contributed by atoms with Crippen LogP contribution in [0.2, 0.25) is 0 Å². The van der Waals surface area contributed by atoms with Gasteiger partial charge in [0, 0.05) is 32.1 Å². The normalized spacial score (nSPS) is 23.3. The Hall–Kier alpha value is -1.14. The number of rotatable bonds is 8. The third-order valence-electron chi connectivity index (χ3n) is 4.60. The molecule has 138 valence electrons. The van der Waals surface area contributed by atoms with E-state index < -0.39 is 6.04 Å². The number of ether oxygens (including phenoxy) is 1. The summed E-state index contributed by atoms with van der Waals surface area (Å²) >= 11 is 0. The van der Waals surface area contributed by atoms with Crippen molar-refractivity contribution in [2.45, 2.75) is 65.1 Å². The Morgan fingerprint density at radius 2 is 1.92 bits per heavy atom. The number of hydrogen-bond acceptors (Lipinski definition) is 4. The Morgan fingerprint density at radius 3 is 2.50 bits per heavy atom. The molecule has 0 aromatic heterocycles. The summed E-state index contributed by atoms with van der Waals surface area (Å²) in [5.74, 6) is 0.156. The van der Waals surface area contributed by atoms with E-state index in [2.05, 4.69) is 15.5 Å². The zero-order chi connectivity index (χ0) is 17.7. The molecule has 0 unspecified atom stereocenters. The molecular weight excluding hydrogens is 306 g/mol. The maximum absolute atomic E-state index is 12.5. The number of carbonyl (C=O) groups is 2. The Morgan fingerprint density at radius 1 is 1.21 bits per heavy atom. The van der Waals surface area contributed by atoms with E-state index in [0.717, 1.165) is 25.7 Å². The van der Waals surface area contributed by atoms with Gasteiger partial charge in [0.15, 0.2) is 0 Å². The zero-order valence-electron chi connectivity index (χ0n) is 15.5. The lowest BCUT2D eigenvalue weighted by Crippen LogP contribution is -2.53. The first kappa shape index (κ1) is 19.2. The van der Waals surface area contributed by atoms with Gasteiger partial charge in [0.05, 0.1) is 12.7 Å². The number of nitrogens with one attached hydrogen (secondary N) is 2. The molecule has 2 fully saturated rings. The van der Waals surface area contributed by atoms with Crippen molar-refractivity contribution in [1.82, 2.24) is 15.5 Å². The molecule has 1 aliphatic carbocycles. The van der Waals surface area contributed by atoms with E-state index in [9.17, 15) is 9.59 Å². The maximum Gasteiger partial charge on any atom is 0.242 e. The summed E-state index contributed by atoms with van der Waals surface area (Å²) in [5, 5.41) is 5.84. The van der Waals surface area contributed by atoms with Gasteiger partial charge in [-0.05, 0) is 24.7 Å². The first-order valence-electron chi connectivity index (χ1n) is 9.29. The summed E-state index contributed by atoms with van der Waals surface area (Å²) in [5.41, 5.74) is 0. The SMILES string of the molecule is CC(C)CC(=O)N[C@H](C(=O)NC[C@H]1CN(C2CC2)CCO1)C(C)C. The van der Waals surface area contributed by atoms with Gasteiger partial charge >= 0.3 is 0 Å². The third-order valence-corrected chi connectivity index (χ3v) is 4.60. The van der Waals surface area contributed by atoms with E-state index in [1.807, 2.05) is 27.7 Å². The number of hydrogen-bond donors (Lipinski definition) is 2. The molecule has 0 bridgehead atoms. The molecule has 0 aromatic rings. The fourth-order valence-corrected chi connectivity index (χ4v) is 3.10. The van der Waals surface area contributed by atoms with Crippen LogP contribution in [-0.4, -0.2) is 61.1 Å². The number of morpholine rings is 1. The van der Waals surface area contributed by atoms with Crippen LogP contribution in [0.15, 0.2) is 0 Å². The van der Waals surface area contributed by atoms with E-state index in [1.165, 1.54) is 12.8 Å². The zero-order valence-corrected chi connectivity index (χ0v) is 15.5. The van der Waals surface area contributed by atoms with Crippen LogP contribution < -0.4 is 10.6 Å². The second-order valence-electron chi connectivity index (χ2n) is 7.85. The van der Waals surface area contributed by atoms with Crippen LogP contribution in [-0.2, 0) is 14.3 Å². The fraction of sp³-hybridized carbons (Fsp3) is 0.889. The molecule has 6 heteroatoms. The number of amides is 2. The van der Waals surface area contributed by atoms with Crippen LogP contribution in [0.1, 0.15) is 47.0 Å². The summed E-state index contributed by atoms with van der Waals surface area (Å²) in [6.45, 7) is 11.0. The van der Waals surface area contributed by atoms with E-state index >= 15 is 0 Å². The average molecular weight is 339 g/mol. The van der Waals surface area contributed by atoms with Gasteiger partial charge in [-0.15, -0.1) is 0 Å². The molecule has 0 aromatic carbocycles. The quantitative estimate of drug-likeness (QED) is 0.696. The van der Waals surface area contributed by atoms with Gasteiger partial charge in [0.1, 0.15) is 6.04 Å². The van der Waals surface area contributed by atoms with Crippen LogP contribution in [0.25, 0.3) is 0 Å². The summed E-state index contributed by atoms with van der Waals surface area (Å²) in [6, 6.07) is 0.241. The van der Waals surface area contributed by atoms with Gasteiger partial charge < -0.3 is 15.4 Å². The van der Waals surface area contributed by atoms with E-state index in [1.54, 1.807) is 0 Å². The van der Waals surface area contributed by atoms with Crippen LogP contribution in [0.5, 0.6) is 0 Å². The smallest absolute Gasteiger partial charge is 0.242 e. The summed E-state index contributed by atoms with van der Waals surface area (Å²) < 4.78 is 5.77. The van der Waals surface area contributed by atoms with Crippen molar-refractivity contribution < 1.29 is 14.3 Å². The first-order chi connectivity index (χ1) is 11.4. The van der Waals surface area contributed by atoms with Gasteiger partial charge in [0.2, 0.25) is 11.8 Å². The number of nitrogens with zero attached hydrogens (tertiary/aromatic N) is 1. The Balaban J connectivity index is 1.78. The van der Waals surface area contributed by atoms with Crippen LogP contribution in [0.4, 0.5) is 0 Å². The van der Waals surface area contributed by atoms with E-state index in [4.69, 9.17) is 4.74 Å². The molecule has 24 heavy (non-hydrogen) atoms. The molecule has 2 aliphatic rings. The molecule has 1 saturated carbocycles. The van der Waals surface area contributed by atoms with Crippen molar-refractivity contribution in [2.24, 2.45) is 11.8 Å². The van der Waals surface area contributed by atoms with Crippen molar-refractivity contribution >= 4 is 11.8 Å². The Bertz CT molecular complexity index is 435. The minimum atomic E-state index is -0.487. The van der Waals surface area contributed by atoms with Crippen molar-refractivity contribution in [3.63, 3.8) is 0 Å². The van der Waals surface area contributed by atoms with Crippen LogP contribution in [0.3, 0.4) is 0 Å². The molecule has 1 aliphatic heterocycles. The van der Waals surface area contributed by atoms with E-state index in [0.29, 0.717) is 13.0 Å². The summed E-state index contributed by atoms with van der Waals surface area (Å²) in [6.07, 6.45) is 3.06. The Kier molecular flexibility index (Phi) is 7.04. The molecule has 2 atom stereocenters. The minimum Gasteiger partial charge on any atom is -0.374 e. The molecule has 2 N–H and O–H groups in total. The lowest BCUT2D eigenvalue weighted by Gasteiger charge is -2.33. The molecule has 0 spiro atoms. The van der Waals surface area contributed by atoms with Crippen LogP contribution >= 0.6 is 0 Å². The van der Waals surface area contributed by atoms with Crippen LogP contribution in [0, 0.1) is 11.8 Å². The van der Waals surface area contributed by atoms with Gasteiger partial charge in [-0.1, -0.05) is 27.7 Å². The molecule has 1 saturated heterocycles. The summed E-state index contributed by atoms with van der Waals surface area (Å²) in [7, 11) is 0. The fourth-order valence-electron chi connectivity index (χ4n) is 3.10. The highest BCUT2D eigenvalue weighted by molar-refractivity contribution is 5.87. The highest BCUT2D eigenvalue weighted by Gasteiger charge is 2.33. The molecule has 6 nitrogen and oxygen atoms in total. The molecule has 1 heterocycles. The Labute approximate surface area is 145 Å². The molecule has 0 radical (unpaired) electrons. The molecular formula is C18H33N3O3. The predicted octanol–water partition coefficient (Wildman–Crippen LogP) is 1.15. The van der Waals surface area contributed by atoms with Gasteiger partial charge in [-0.2, -0.15) is 0 Å². The third kappa shape index (κ3) is 6.06. The highest BCUT2D eigenvalue weighted by atomic mass is 16.5. The number of carbonyl (C=O) groups excluding carboxylic acids is 2. The van der Waals surface area contributed by atoms with Crippen molar-refractivity contribution in [2.75, 3.05) is 26.2 Å². The largest absolute Gasteiger partial charge is 0.374 e. The lowest BCUT2D eigenvalue weighted by molar-refractivity contribution is -0.131. The second-order valence-corrected chi connectivity index (χ2v) is 7.85. The first-order valence-corrected chi connectivity index (χ1v) is 9.29. The van der Waals surface area contributed by atoms with E-state index in [-0.39, 0.29) is 29.8 Å². The van der Waals surface area contributed by atoms with Gasteiger partial charge in [-0.3, -0.25) is 14.5 Å². The monoisotopic (exact) mass is 339 g/mol. The van der Waals surface area contributed by atoms with Gasteiger partial charge in [0.25, 0.3) is 0 Å². The van der Waals surface area contributed by atoms with Crippen molar-refractivity contribution in [3.05, 3.63) is 0 Å². The topological polar surface area (TPSA) is 70.7 Å². The van der Waals surface area contributed by atoms with Crippen molar-refractivity contribution in [3.8, 4) is 0 Å². The standard InChI is InChI=1S/C18H33N3O3/c1-12(2)9-16(22)20-17(13(3)4)18(23)19-10-15-11-21(7-8-24-15)14-5-6-14/h12-15,17H,5-11H2,1-4H3,(H,19,23)(H,20,22)/t15-,17-/m0/s1. The highest BCUT2D eigenvalue weighted by Crippen LogP contribution is 2.28. The maximum atomic E-state index is 12.5. The molecule has 2 amide bonds. The van der Waals surface area contributed by atoms with Crippen molar-refractivity contribution in [1.29, 1.82) is 0 Å². The predicted molar refractivity (Wildman–Crippen MR) is 93.6 cm³/mol. The van der Waals surface area contributed by atoms with Gasteiger partial charge in [-0.25, -0.2) is 0 Å². The second kappa shape index (κ2) is 8.81. The average Bonchev–Trinajstić information content (AvgIpc) is 3.34. The summed E-state index contributed by atoms with van der Waals surface area (Å²) in [4.78, 5) is 26.9.